The summed E-state index contributed by atoms with van der Waals surface area (Å²) in [4.78, 5) is 12.2. The van der Waals surface area contributed by atoms with Crippen molar-refractivity contribution in [1.82, 2.24) is 10.6 Å². The van der Waals surface area contributed by atoms with Crippen LogP contribution in [-0.2, 0) is 16.1 Å². The second kappa shape index (κ2) is 7.95. The Morgan fingerprint density at radius 1 is 1.25 bits per heavy atom. The molecule has 1 unspecified atom stereocenters. The standard InChI is InChI=1S/C19H22N2O3/c1-14-6-8-16(9-7-14)24-17-5-3-2-4-15(17)12-21-19(22)18-13-20-10-11-23-18/h2-9,18,20H,10-13H2,1H3,(H,21,22). The maximum absolute atomic E-state index is 12.2. The predicted octanol–water partition coefficient (Wildman–Crippen LogP) is 2.39. The Morgan fingerprint density at radius 3 is 2.79 bits per heavy atom. The minimum atomic E-state index is -0.427. The summed E-state index contributed by atoms with van der Waals surface area (Å²) in [7, 11) is 0. The lowest BCUT2D eigenvalue weighted by molar-refractivity contribution is -0.134. The van der Waals surface area contributed by atoms with Gasteiger partial charge in [0, 0.05) is 25.2 Å². The predicted molar refractivity (Wildman–Crippen MR) is 92.2 cm³/mol. The SMILES string of the molecule is Cc1ccc(Oc2ccccc2CNC(=O)C2CNCCO2)cc1. The summed E-state index contributed by atoms with van der Waals surface area (Å²) in [6.45, 7) is 4.34. The van der Waals surface area contributed by atoms with Crippen LogP contribution in [0.25, 0.3) is 0 Å². The minimum absolute atomic E-state index is 0.104. The van der Waals surface area contributed by atoms with Crippen LogP contribution < -0.4 is 15.4 Å². The molecule has 126 valence electrons. The summed E-state index contributed by atoms with van der Waals surface area (Å²) < 4.78 is 11.4. The highest BCUT2D eigenvalue weighted by molar-refractivity contribution is 5.81. The van der Waals surface area contributed by atoms with Gasteiger partial charge in [0.05, 0.1) is 6.61 Å². The highest BCUT2D eigenvalue weighted by Gasteiger charge is 2.21. The number of nitrogens with one attached hydrogen (secondary N) is 2. The first-order valence-corrected chi connectivity index (χ1v) is 8.15. The average molecular weight is 326 g/mol. The van der Waals surface area contributed by atoms with E-state index in [1.165, 1.54) is 5.56 Å². The van der Waals surface area contributed by atoms with Gasteiger partial charge in [-0.15, -0.1) is 0 Å². The van der Waals surface area contributed by atoms with Crippen molar-refractivity contribution in [1.29, 1.82) is 0 Å². The molecule has 0 aliphatic carbocycles. The van der Waals surface area contributed by atoms with Crippen molar-refractivity contribution >= 4 is 5.91 Å². The molecule has 1 heterocycles. The molecule has 1 saturated heterocycles. The zero-order valence-electron chi connectivity index (χ0n) is 13.7. The second-order valence-electron chi connectivity index (χ2n) is 5.80. The molecule has 0 spiro atoms. The average Bonchev–Trinajstić information content (AvgIpc) is 2.63. The van der Waals surface area contributed by atoms with E-state index in [4.69, 9.17) is 9.47 Å². The lowest BCUT2D eigenvalue weighted by Crippen LogP contribution is -2.47. The molecule has 1 amide bonds. The van der Waals surface area contributed by atoms with Crippen LogP contribution in [-0.4, -0.2) is 31.7 Å². The van der Waals surface area contributed by atoms with Crippen LogP contribution in [0.5, 0.6) is 11.5 Å². The number of rotatable bonds is 5. The normalized spacial score (nSPS) is 17.3. The first kappa shape index (κ1) is 16.5. The number of carbonyl (C=O) groups is 1. The third-order valence-corrected chi connectivity index (χ3v) is 3.89. The van der Waals surface area contributed by atoms with E-state index in [0.29, 0.717) is 19.7 Å². The number of amides is 1. The van der Waals surface area contributed by atoms with E-state index in [9.17, 15) is 4.79 Å². The van der Waals surface area contributed by atoms with Crippen molar-refractivity contribution < 1.29 is 14.3 Å². The number of aryl methyl sites for hydroxylation is 1. The van der Waals surface area contributed by atoms with E-state index < -0.39 is 6.10 Å². The van der Waals surface area contributed by atoms with Gasteiger partial charge in [0.15, 0.2) is 0 Å². The molecule has 24 heavy (non-hydrogen) atoms. The van der Waals surface area contributed by atoms with E-state index in [1.807, 2.05) is 55.5 Å². The molecule has 2 aromatic rings. The van der Waals surface area contributed by atoms with Crippen LogP contribution in [0.1, 0.15) is 11.1 Å². The van der Waals surface area contributed by atoms with Crippen molar-refractivity contribution in [3.8, 4) is 11.5 Å². The molecule has 3 rings (SSSR count). The van der Waals surface area contributed by atoms with Crippen LogP contribution in [0.15, 0.2) is 48.5 Å². The minimum Gasteiger partial charge on any atom is -0.457 e. The number of carbonyl (C=O) groups excluding carboxylic acids is 1. The Hall–Kier alpha value is -2.37. The van der Waals surface area contributed by atoms with E-state index in [0.717, 1.165) is 23.6 Å². The van der Waals surface area contributed by atoms with Gasteiger partial charge in [0.25, 0.3) is 5.91 Å². The Bertz CT molecular complexity index is 679. The fraction of sp³-hybridized carbons (Fsp3) is 0.316. The molecular formula is C19H22N2O3. The number of hydrogen-bond donors (Lipinski definition) is 2. The smallest absolute Gasteiger partial charge is 0.250 e. The second-order valence-corrected chi connectivity index (χ2v) is 5.80. The Kier molecular flexibility index (Phi) is 5.46. The summed E-state index contributed by atoms with van der Waals surface area (Å²) in [5.41, 5.74) is 2.11. The lowest BCUT2D eigenvalue weighted by Gasteiger charge is -2.23. The van der Waals surface area contributed by atoms with E-state index in [2.05, 4.69) is 10.6 Å². The molecule has 1 aliphatic rings. The fourth-order valence-corrected chi connectivity index (χ4v) is 2.51. The summed E-state index contributed by atoms with van der Waals surface area (Å²) in [6.07, 6.45) is -0.427. The van der Waals surface area contributed by atoms with Gasteiger partial charge in [0.1, 0.15) is 17.6 Å². The van der Waals surface area contributed by atoms with Gasteiger partial charge < -0.3 is 20.1 Å². The lowest BCUT2D eigenvalue weighted by atomic mass is 10.2. The van der Waals surface area contributed by atoms with Gasteiger partial charge in [-0.3, -0.25) is 4.79 Å². The molecule has 1 aliphatic heterocycles. The van der Waals surface area contributed by atoms with Crippen LogP contribution in [0.3, 0.4) is 0 Å². The largest absolute Gasteiger partial charge is 0.457 e. The van der Waals surface area contributed by atoms with Gasteiger partial charge in [-0.05, 0) is 25.1 Å². The van der Waals surface area contributed by atoms with Gasteiger partial charge in [-0.1, -0.05) is 35.9 Å². The maximum Gasteiger partial charge on any atom is 0.250 e. The number of hydrogen-bond acceptors (Lipinski definition) is 4. The molecule has 2 N–H and O–H groups in total. The molecule has 0 bridgehead atoms. The highest BCUT2D eigenvalue weighted by Crippen LogP contribution is 2.25. The number of para-hydroxylation sites is 1. The van der Waals surface area contributed by atoms with Crippen LogP contribution in [0.2, 0.25) is 0 Å². The number of benzene rings is 2. The third-order valence-electron chi connectivity index (χ3n) is 3.89. The number of ether oxygens (including phenoxy) is 2. The van der Waals surface area contributed by atoms with Gasteiger partial charge >= 0.3 is 0 Å². The van der Waals surface area contributed by atoms with E-state index >= 15 is 0 Å². The highest BCUT2D eigenvalue weighted by atomic mass is 16.5. The summed E-state index contributed by atoms with van der Waals surface area (Å²) in [6, 6.07) is 15.6. The topological polar surface area (TPSA) is 59.6 Å². The van der Waals surface area contributed by atoms with Crippen molar-refractivity contribution in [2.24, 2.45) is 0 Å². The molecule has 0 saturated carbocycles. The summed E-state index contributed by atoms with van der Waals surface area (Å²) >= 11 is 0. The van der Waals surface area contributed by atoms with Crippen molar-refractivity contribution in [2.45, 2.75) is 19.6 Å². The quantitative estimate of drug-likeness (QED) is 0.886. The van der Waals surface area contributed by atoms with Gasteiger partial charge in [-0.25, -0.2) is 0 Å². The fourth-order valence-electron chi connectivity index (χ4n) is 2.51. The summed E-state index contributed by atoms with van der Waals surface area (Å²) in [5.74, 6) is 1.41. The van der Waals surface area contributed by atoms with E-state index in [1.54, 1.807) is 0 Å². The van der Waals surface area contributed by atoms with Crippen molar-refractivity contribution in [3.05, 3.63) is 59.7 Å². The van der Waals surface area contributed by atoms with Crippen LogP contribution in [0.4, 0.5) is 0 Å². The number of morpholine rings is 1. The molecule has 0 radical (unpaired) electrons. The Labute approximate surface area is 142 Å². The van der Waals surface area contributed by atoms with E-state index in [-0.39, 0.29) is 5.91 Å². The zero-order valence-corrected chi connectivity index (χ0v) is 13.7. The molecule has 5 nitrogen and oxygen atoms in total. The molecule has 0 aromatic heterocycles. The molecule has 5 heteroatoms. The van der Waals surface area contributed by atoms with Gasteiger partial charge in [-0.2, -0.15) is 0 Å². The first-order valence-electron chi connectivity index (χ1n) is 8.15. The van der Waals surface area contributed by atoms with Crippen molar-refractivity contribution in [3.63, 3.8) is 0 Å². The Balaban J connectivity index is 1.63. The molecule has 1 atom stereocenters. The molecular weight excluding hydrogens is 304 g/mol. The van der Waals surface area contributed by atoms with Crippen LogP contribution >= 0.6 is 0 Å². The first-order chi connectivity index (χ1) is 11.7. The van der Waals surface area contributed by atoms with Crippen LogP contribution in [0, 0.1) is 6.92 Å². The monoisotopic (exact) mass is 326 g/mol. The zero-order chi connectivity index (χ0) is 16.8. The van der Waals surface area contributed by atoms with Crippen molar-refractivity contribution in [2.75, 3.05) is 19.7 Å². The summed E-state index contributed by atoms with van der Waals surface area (Å²) in [5, 5.41) is 6.07. The Morgan fingerprint density at radius 2 is 2.04 bits per heavy atom. The molecule has 1 fully saturated rings. The van der Waals surface area contributed by atoms with Gasteiger partial charge in [0.2, 0.25) is 0 Å². The maximum atomic E-state index is 12.2. The molecule has 2 aromatic carbocycles. The third kappa shape index (κ3) is 4.34.